The van der Waals surface area contributed by atoms with Crippen molar-refractivity contribution in [1.82, 2.24) is 5.32 Å². The molecule has 1 atom stereocenters. The van der Waals surface area contributed by atoms with Crippen molar-refractivity contribution >= 4 is 17.5 Å². The van der Waals surface area contributed by atoms with Crippen molar-refractivity contribution in [3.05, 3.63) is 65.7 Å². The van der Waals surface area contributed by atoms with E-state index in [2.05, 4.69) is 24.5 Å². The van der Waals surface area contributed by atoms with Crippen LogP contribution in [0.15, 0.2) is 54.6 Å². The van der Waals surface area contributed by atoms with Crippen LogP contribution in [0.5, 0.6) is 0 Å². The lowest BCUT2D eigenvalue weighted by molar-refractivity contribution is -0.116. The van der Waals surface area contributed by atoms with Crippen LogP contribution >= 0.6 is 0 Å². The first-order valence-corrected chi connectivity index (χ1v) is 8.95. The zero-order valence-electron chi connectivity index (χ0n) is 15.4. The highest BCUT2D eigenvalue weighted by molar-refractivity contribution is 6.03. The molecule has 4 N–H and O–H groups in total. The van der Waals surface area contributed by atoms with Gasteiger partial charge in [-0.25, -0.2) is 0 Å². The molecule has 0 fully saturated rings. The SMILES string of the molecule is CC(C)C(CC(=O)Nc1ccccc1C(=O)NCCN)c1ccccc1. The number of nitrogens with two attached hydrogens (primary N) is 1. The molecule has 0 aliphatic heterocycles. The van der Waals surface area contributed by atoms with Gasteiger partial charge in [-0.05, 0) is 29.5 Å². The van der Waals surface area contributed by atoms with E-state index in [1.165, 1.54) is 0 Å². The number of anilines is 1. The molecule has 5 heteroatoms. The summed E-state index contributed by atoms with van der Waals surface area (Å²) in [5.41, 5.74) is 7.53. The molecule has 2 aromatic rings. The van der Waals surface area contributed by atoms with E-state index in [1.807, 2.05) is 30.3 Å². The van der Waals surface area contributed by atoms with Gasteiger partial charge < -0.3 is 16.4 Å². The molecule has 0 saturated heterocycles. The molecule has 0 aliphatic carbocycles. The zero-order chi connectivity index (χ0) is 18.9. The van der Waals surface area contributed by atoms with Crippen molar-refractivity contribution in [3.8, 4) is 0 Å². The lowest BCUT2D eigenvalue weighted by Gasteiger charge is -2.21. The monoisotopic (exact) mass is 353 g/mol. The molecule has 0 saturated carbocycles. The number of carbonyl (C=O) groups is 2. The molecule has 0 heterocycles. The normalized spacial score (nSPS) is 11.8. The van der Waals surface area contributed by atoms with Gasteiger partial charge in [0.15, 0.2) is 0 Å². The molecule has 0 aromatic heterocycles. The topological polar surface area (TPSA) is 84.2 Å². The van der Waals surface area contributed by atoms with Gasteiger partial charge in [-0.3, -0.25) is 9.59 Å². The fourth-order valence-electron chi connectivity index (χ4n) is 2.91. The number of carbonyl (C=O) groups excluding carboxylic acids is 2. The van der Waals surface area contributed by atoms with Gasteiger partial charge in [0.25, 0.3) is 5.91 Å². The number of benzene rings is 2. The fourth-order valence-corrected chi connectivity index (χ4v) is 2.91. The van der Waals surface area contributed by atoms with Gasteiger partial charge in [-0.1, -0.05) is 56.3 Å². The van der Waals surface area contributed by atoms with Crippen LogP contribution in [0.3, 0.4) is 0 Å². The summed E-state index contributed by atoms with van der Waals surface area (Å²) in [6.07, 6.45) is 0.362. The Labute approximate surface area is 155 Å². The quantitative estimate of drug-likeness (QED) is 0.681. The summed E-state index contributed by atoms with van der Waals surface area (Å²) in [6, 6.07) is 17.0. The molecule has 2 aromatic carbocycles. The number of hydrogen-bond donors (Lipinski definition) is 3. The van der Waals surface area contributed by atoms with E-state index in [-0.39, 0.29) is 17.7 Å². The van der Waals surface area contributed by atoms with Crippen molar-refractivity contribution < 1.29 is 9.59 Å². The van der Waals surface area contributed by atoms with Crippen LogP contribution in [0.25, 0.3) is 0 Å². The Hall–Kier alpha value is -2.66. The largest absolute Gasteiger partial charge is 0.351 e. The average Bonchev–Trinajstić information content (AvgIpc) is 2.65. The van der Waals surface area contributed by atoms with Crippen molar-refractivity contribution in [3.63, 3.8) is 0 Å². The van der Waals surface area contributed by atoms with E-state index in [1.54, 1.807) is 24.3 Å². The molecule has 0 aliphatic rings. The van der Waals surface area contributed by atoms with Crippen LogP contribution in [-0.4, -0.2) is 24.9 Å². The standard InChI is InChI=1S/C21H27N3O2/c1-15(2)18(16-8-4-3-5-9-16)14-20(25)24-19-11-7-6-10-17(19)21(26)23-13-12-22/h3-11,15,18H,12-14,22H2,1-2H3,(H,23,26)(H,24,25). The third kappa shape index (κ3) is 5.43. The van der Waals surface area contributed by atoms with Crippen molar-refractivity contribution in [2.45, 2.75) is 26.2 Å². The predicted molar refractivity (Wildman–Crippen MR) is 105 cm³/mol. The molecule has 1 unspecified atom stereocenters. The predicted octanol–water partition coefficient (Wildman–Crippen LogP) is 3.14. The molecule has 0 spiro atoms. The first-order chi connectivity index (χ1) is 12.5. The molecule has 5 nitrogen and oxygen atoms in total. The minimum atomic E-state index is -0.241. The molecule has 0 radical (unpaired) electrons. The first kappa shape index (κ1) is 19.7. The Balaban J connectivity index is 2.11. The maximum atomic E-state index is 12.6. The third-order valence-corrected chi connectivity index (χ3v) is 4.31. The van der Waals surface area contributed by atoms with Gasteiger partial charge in [0.1, 0.15) is 0 Å². The van der Waals surface area contributed by atoms with Gasteiger partial charge >= 0.3 is 0 Å². The summed E-state index contributed by atoms with van der Waals surface area (Å²) in [5.74, 6) is 0.0992. The van der Waals surface area contributed by atoms with Gasteiger partial charge in [0.2, 0.25) is 5.91 Å². The molecule has 2 amide bonds. The lowest BCUT2D eigenvalue weighted by Crippen LogP contribution is -2.30. The minimum absolute atomic E-state index is 0.105. The van der Waals surface area contributed by atoms with E-state index < -0.39 is 0 Å². The Morgan fingerprint density at radius 2 is 1.65 bits per heavy atom. The Morgan fingerprint density at radius 3 is 2.31 bits per heavy atom. The average molecular weight is 353 g/mol. The summed E-state index contributed by atoms with van der Waals surface area (Å²) in [4.78, 5) is 24.9. The molecule has 0 bridgehead atoms. The summed E-state index contributed by atoms with van der Waals surface area (Å²) < 4.78 is 0. The van der Waals surface area contributed by atoms with Gasteiger partial charge in [0, 0.05) is 19.5 Å². The number of amides is 2. The molecule has 26 heavy (non-hydrogen) atoms. The minimum Gasteiger partial charge on any atom is -0.351 e. The van der Waals surface area contributed by atoms with E-state index in [4.69, 9.17) is 5.73 Å². The molecular weight excluding hydrogens is 326 g/mol. The Morgan fingerprint density at radius 1 is 1.00 bits per heavy atom. The Bertz CT molecular complexity index is 729. The second-order valence-electron chi connectivity index (χ2n) is 6.60. The van der Waals surface area contributed by atoms with E-state index in [9.17, 15) is 9.59 Å². The molecule has 2 rings (SSSR count). The highest BCUT2D eigenvalue weighted by Gasteiger charge is 2.20. The van der Waals surface area contributed by atoms with E-state index >= 15 is 0 Å². The fraction of sp³-hybridized carbons (Fsp3) is 0.333. The highest BCUT2D eigenvalue weighted by Crippen LogP contribution is 2.28. The van der Waals surface area contributed by atoms with Crippen LogP contribution in [-0.2, 0) is 4.79 Å². The maximum absolute atomic E-state index is 12.6. The number of hydrogen-bond acceptors (Lipinski definition) is 3. The smallest absolute Gasteiger partial charge is 0.253 e. The zero-order valence-corrected chi connectivity index (χ0v) is 15.4. The van der Waals surface area contributed by atoms with Crippen molar-refractivity contribution in [1.29, 1.82) is 0 Å². The molecule has 138 valence electrons. The summed E-state index contributed by atoms with van der Waals surface area (Å²) in [5, 5.41) is 5.62. The number of nitrogens with one attached hydrogen (secondary N) is 2. The second-order valence-corrected chi connectivity index (χ2v) is 6.60. The lowest BCUT2D eigenvalue weighted by atomic mass is 9.85. The number of para-hydroxylation sites is 1. The maximum Gasteiger partial charge on any atom is 0.253 e. The summed E-state index contributed by atoms with van der Waals surface area (Å²) in [6.45, 7) is 4.98. The first-order valence-electron chi connectivity index (χ1n) is 8.95. The van der Waals surface area contributed by atoms with Crippen molar-refractivity contribution in [2.24, 2.45) is 11.7 Å². The van der Waals surface area contributed by atoms with Crippen LogP contribution in [0.1, 0.15) is 42.1 Å². The summed E-state index contributed by atoms with van der Waals surface area (Å²) in [7, 11) is 0. The molecular formula is C21H27N3O2. The van der Waals surface area contributed by atoms with Gasteiger partial charge in [0.05, 0.1) is 11.3 Å². The van der Waals surface area contributed by atoms with Crippen LogP contribution in [0.2, 0.25) is 0 Å². The van der Waals surface area contributed by atoms with Crippen LogP contribution in [0.4, 0.5) is 5.69 Å². The van der Waals surface area contributed by atoms with Crippen molar-refractivity contribution in [2.75, 3.05) is 18.4 Å². The number of rotatable bonds is 8. The third-order valence-electron chi connectivity index (χ3n) is 4.31. The Kier molecular flexibility index (Phi) is 7.36. The van der Waals surface area contributed by atoms with Gasteiger partial charge in [-0.15, -0.1) is 0 Å². The van der Waals surface area contributed by atoms with E-state index in [0.717, 1.165) is 5.56 Å². The van der Waals surface area contributed by atoms with Gasteiger partial charge in [-0.2, -0.15) is 0 Å². The highest BCUT2D eigenvalue weighted by atomic mass is 16.2. The van der Waals surface area contributed by atoms with E-state index in [0.29, 0.717) is 36.7 Å². The summed E-state index contributed by atoms with van der Waals surface area (Å²) >= 11 is 0. The second kappa shape index (κ2) is 9.73. The van der Waals surface area contributed by atoms with Crippen LogP contribution in [0, 0.1) is 5.92 Å². The van der Waals surface area contributed by atoms with Crippen LogP contribution < -0.4 is 16.4 Å².